The van der Waals surface area contributed by atoms with Crippen LogP contribution in [0.2, 0.25) is 0 Å². The molecule has 5 heteroatoms. The topological polar surface area (TPSA) is 89.8 Å². The van der Waals surface area contributed by atoms with Crippen molar-refractivity contribution in [3.8, 4) is 0 Å². The van der Waals surface area contributed by atoms with Crippen molar-refractivity contribution >= 4 is 5.91 Å². The zero-order valence-corrected chi connectivity index (χ0v) is 33.7. The summed E-state index contributed by atoms with van der Waals surface area (Å²) < 4.78 is 0. The van der Waals surface area contributed by atoms with Crippen LogP contribution in [-0.4, -0.2) is 46.1 Å². The molecule has 0 aliphatic carbocycles. The van der Waals surface area contributed by atoms with Gasteiger partial charge in [0, 0.05) is 0 Å². The van der Waals surface area contributed by atoms with Crippen LogP contribution in [0.5, 0.6) is 0 Å². The number of hydrogen-bond acceptors (Lipinski definition) is 4. The van der Waals surface area contributed by atoms with Crippen LogP contribution in [0.15, 0.2) is 48.6 Å². The summed E-state index contributed by atoms with van der Waals surface area (Å²) in [6, 6.07) is -0.775. The first kappa shape index (κ1) is 49.3. The van der Waals surface area contributed by atoms with Gasteiger partial charge in [-0.25, -0.2) is 0 Å². The molecule has 0 aliphatic heterocycles. The van der Waals surface area contributed by atoms with Crippen molar-refractivity contribution in [1.29, 1.82) is 0 Å². The lowest BCUT2D eigenvalue weighted by molar-refractivity contribution is -0.124. The van der Waals surface area contributed by atoms with E-state index < -0.39 is 18.2 Å². The van der Waals surface area contributed by atoms with Crippen LogP contribution in [0.4, 0.5) is 0 Å². The van der Waals surface area contributed by atoms with Crippen molar-refractivity contribution < 1.29 is 20.1 Å². The Morgan fingerprint density at radius 1 is 0.490 bits per heavy atom. The van der Waals surface area contributed by atoms with Gasteiger partial charge in [-0.15, -0.1) is 0 Å². The Morgan fingerprint density at radius 3 is 1.25 bits per heavy atom. The normalized spacial score (nSPS) is 14.1. The molecule has 4 N–H and O–H groups in total. The second kappa shape index (κ2) is 41.1. The Morgan fingerprint density at radius 2 is 0.843 bits per heavy atom. The highest BCUT2D eigenvalue weighted by atomic mass is 16.3. The number of carbonyl (C=O) groups excluding carboxylic acids is 1. The lowest BCUT2D eigenvalue weighted by Gasteiger charge is -2.20. The number of hydrogen-bond donors (Lipinski definition) is 4. The molecule has 1 amide bonds. The maximum Gasteiger partial charge on any atom is 0.222 e. The van der Waals surface area contributed by atoms with Crippen molar-refractivity contribution in [3.05, 3.63) is 48.6 Å². The molecule has 0 rings (SSSR count). The Labute approximate surface area is 316 Å². The third kappa shape index (κ3) is 37.9. The van der Waals surface area contributed by atoms with Crippen molar-refractivity contribution in [1.82, 2.24) is 5.32 Å². The second-order valence-electron chi connectivity index (χ2n) is 14.9. The number of rotatable bonds is 39. The van der Waals surface area contributed by atoms with E-state index in [1.165, 1.54) is 141 Å². The van der Waals surface area contributed by atoms with Gasteiger partial charge in [0.2, 0.25) is 5.91 Å². The quantitative estimate of drug-likeness (QED) is 0.0377. The Kier molecular flexibility index (Phi) is 39.7. The lowest BCUT2D eigenvalue weighted by atomic mass is 10.0. The highest BCUT2D eigenvalue weighted by Crippen LogP contribution is 2.14. The lowest BCUT2D eigenvalue weighted by Crippen LogP contribution is -2.45. The molecule has 3 unspecified atom stereocenters. The number of carbonyl (C=O) groups is 1. The van der Waals surface area contributed by atoms with E-state index in [-0.39, 0.29) is 18.9 Å². The highest BCUT2D eigenvalue weighted by Gasteiger charge is 2.20. The van der Waals surface area contributed by atoms with Crippen molar-refractivity contribution in [2.45, 2.75) is 231 Å². The summed E-state index contributed by atoms with van der Waals surface area (Å²) in [7, 11) is 0. The van der Waals surface area contributed by atoms with E-state index in [0.29, 0.717) is 6.42 Å². The smallest absolute Gasteiger partial charge is 0.222 e. The number of aliphatic hydroxyl groups excluding tert-OH is 3. The SMILES string of the molecule is CCCCCCCC/C=C\CCCC(O)CC(=O)NC(CO)C(O)/C=C/CC/C=C/CC/C=C/CCCCCCCCCCCCCCCCC. The fourth-order valence-corrected chi connectivity index (χ4v) is 6.43. The molecule has 0 aromatic heterocycles. The number of amides is 1. The molecule has 0 aromatic rings. The van der Waals surface area contributed by atoms with Gasteiger partial charge in [0.05, 0.1) is 31.3 Å². The third-order valence-electron chi connectivity index (χ3n) is 9.82. The third-order valence-corrected chi connectivity index (χ3v) is 9.82. The monoisotopic (exact) mass is 716 g/mol. The molecule has 0 fully saturated rings. The van der Waals surface area contributed by atoms with Crippen LogP contribution in [-0.2, 0) is 4.79 Å². The van der Waals surface area contributed by atoms with Crippen LogP contribution in [0.25, 0.3) is 0 Å². The number of allylic oxidation sites excluding steroid dienone is 7. The van der Waals surface area contributed by atoms with Gasteiger partial charge < -0.3 is 20.6 Å². The van der Waals surface area contributed by atoms with Crippen LogP contribution in [0.1, 0.15) is 213 Å². The van der Waals surface area contributed by atoms with Crippen LogP contribution < -0.4 is 5.32 Å². The molecule has 0 aromatic carbocycles. The van der Waals surface area contributed by atoms with Crippen molar-refractivity contribution in [2.24, 2.45) is 0 Å². The van der Waals surface area contributed by atoms with Crippen LogP contribution in [0, 0.1) is 0 Å². The van der Waals surface area contributed by atoms with Gasteiger partial charge in [-0.2, -0.15) is 0 Å². The molecule has 0 radical (unpaired) electrons. The summed E-state index contributed by atoms with van der Waals surface area (Å²) in [6.45, 7) is 4.17. The molecule has 51 heavy (non-hydrogen) atoms. The molecule has 0 bridgehead atoms. The summed E-state index contributed by atoms with van der Waals surface area (Å²) in [5, 5.41) is 33.1. The van der Waals surface area contributed by atoms with Gasteiger partial charge in [0.25, 0.3) is 0 Å². The van der Waals surface area contributed by atoms with Gasteiger partial charge in [0.15, 0.2) is 0 Å². The predicted molar refractivity (Wildman–Crippen MR) is 222 cm³/mol. The first-order valence-corrected chi connectivity index (χ1v) is 21.9. The summed E-state index contributed by atoms with van der Waals surface area (Å²) in [5.41, 5.74) is 0. The van der Waals surface area contributed by atoms with E-state index in [9.17, 15) is 20.1 Å². The largest absolute Gasteiger partial charge is 0.394 e. The Bertz CT molecular complexity index is 835. The summed E-state index contributed by atoms with van der Waals surface area (Å²) in [5.74, 6) is -0.348. The van der Waals surface area contributed by atoms with E-state index in [0.717, 1.165) is 44.9 Å². The molecule has 298 valence electrons. The minimum atomic E-state index is -0.966. The average Bonchev–Trinajstić information content (AvgIpc) is 3.12. The Hall–Kier alpha value is -1.69. The average molecular weight is 716 g/mol. The van der Waals surface area contributed by atoms with Crippen LogP contribution >= 0.6 is 0 Å². The summed E-state index contributed by atoms with van der Waals surface area (Å²) in [6.07, 6.45) is 52.7. The van der Waals surface area contributed by atoms with Crippen molar-refractivity contribution in [2.75, 3.05) is 6.61 Å². The maximum atomic E-state index is 12.4. The van der Waals surface area contributed by atoms with E-state index >= 15 is 0 Å². The number of unbranched alkanes of at least 4 members (excludes halogenated alkanes) is 24. The van der Waals surface area contributed by atoms with Gasteiger partial charge in [-0.05, 0) is 70.6 Å². The molecular weight excluding hydrogens is 631 g/mol. The second-order valence-corrected chi connectivity index (χ2v) is 14.9. The fraction of sp³-hybridized carbons (Fsp3) is 0.804. The maximum absolute atomic E-state index is 12.4. The van der Waals surface area contributed by atoms with E-state index in [2.05, 4.69) is 55.6 Å². The van der Waals surface area contributed by atoms with Crippen molar-refractivity contribution in [3.63, 3.8) is 0 Å². The van der Waals surface area contributed by atoms with Crippen LogP contribution in [0.3, 0.4) is 0 Å². The molecule has 5 nitrogen and oxygen atoms in total. The molecule has 0 heterocycles. The number of nitrogens with one attached hydrogen (secondary N) is 1. The number of aliphatic hydroxyl groups is 3. The molecular formula is C46H85NO4. The van der Waals surface area contributed by atoms with E-state index in [1.807, 2.05) is 6.08 Å². The minimum absolute atomic E-state index is 0.0199. The van der Waals surface area contributed by atoms with E-state index in [1.54, 1.807) is 6.08 Å². The van der Waals surface area contributed by atoms with Gasteiger partial charge in [-0.1, -0.05) is 184 Å². The van der Waals surface area contributed by atoms with E-state index in [4.69, 9.17) is 0 Å². The van der Waals surface area contributed by atoms with Gasteiger partial charge >= 0.3 is 0 Å². The highest BCUT2D eigenvalue weighted by molar-refractivity contribution is 5.76. The van der Waals surface area contributed by atoms with Gasteiger partial charge in [-0.3, -0.25) is 4.79 Å². The minimum Gasteiger partial charge on any atom is -0.394 e. The first-order chi connectivity index (χ1) is 25.0. The standard InChI is InChI=1S/C46H85NO4/c1-3-5-7-9-11-13-15-16-17-18-19-20-21-22-23-24-25-26-27-28-30-32-34-36-38-40-45(50)44(42-48)47-46(51)41-43(49)39-37-35-33-31-29-14-12-10-8-6-4-2/h25-26,30-33,38,40,43-45,48-50H,3-24,27-29,34-37,39,41-42H2,1-2H3,(H,47,51)/b26-25+,32-30+,33-31-,40-38+. The molecule has 0 aliphatic rings. The molecule has 0 saturated carbocycles. The zero-order chi connectivity index (χ0) is 37.3. The molecule has 3 atom stereocenters. The Balaban J connectivity index is 3.73. The molecule has 0 spiro atoms. The predicted octanol–water partition coefficient (Wildman–Crippen LogP) is 12.5. The first-order valence-electron chi connectivity index (χ1n) is 21.9. The summed E-state index contributed by atoms with van der Waals surface area (Å²) >= 11 is 0. The molecule has 0 saturated heterocycles. The fourth-order valence-electron chi connectivity index (χ4n) is 6.43. The summed E-state index contributed by atoms with van der Waals surface area (Å²) in [4.78, 5) is 12.4. The zero-order valence-electron chi connectivity index (χ0n) is 33.7. The van der Waals surface area contributed by atoms with Gasteiger partial charge in [0.1, 0.15) is 0 Å².